The van der Waals surface area contributed by atoms with Crippen molar-refractivity contribution in [3.8, 4) is 0 Å². The van der Waals surface area contributed by atoms with Gasteiger partial charge in [-0.3, -0.25) is 4.40 Å². The van der Waals surface area contributed by atoms with Gasteiger partial charge in [0.25, 0.3) is 0 Å². The van der Waals surface area contributed by atoms with Crippen molar-refractivity contribution in [2.75, 3.05) is 7.05 Å². The molecule has 3 rings (SSSR count). The Hall–Kier alpha value is -0.910. The number of nitrogens with zero attached hydrogens (tertiary/aromatic N) is 2. The maximum Gasteiger partial charge on any atom is 0.193 e. The quantitative estimate of drug-likeness (QED) is 0.920. The molecular weight excluding hydrogens is 246 g/mol. The van der Waals surface area contributed by atoms with Crippen molar-refractivity contribution in [3.05, 3.63) is 23.5 Å². The van der Waals surface area contributed by atoms with Crippen LogP contribution in [-0.2, 0) is 11.2 Å². The molecule has 1 aliphatic rings. The van der Waals surface area contributed by atoms with Crippen LogP contribution in [0.1, 0.15) is 25.5 Å². The van der Waals surface area contributed by atoms with E-state index in [2.05, 4.69) is 39.4 Å². The molecule has 0 aliphatic carbocycles. The van der Waals surface area contributed by atoms with E-state index in [0.29, 0.717) is 18.2 Å². The number of fused-ring (bicyclic) bond motifs is 1. The topological polar surface area (TPSA) is 38.6 Å². The first kappa shape index (κ1) is 12.1. The van der Waals surface area contributed by atoms with Gasteiger partial charge in [-0.1, -0.05) is 0 Å². The van der Waals surface area contributed by atoms with Crippen LogP contribution in [-0.4, -0.2) is 34.7 Å². The van der Waals surface area contributed by atoms with Crippen molar-refractivity contribution < 1.29 is 4.74 Å². The summed E-state index contributed by atoms with van der Waals surface area (Å²) in [5, 5.41) is 5.44. The van der Waals surface area contributed by atoms with Gasteiger partial charge in [0.1, 0.15) is 0 Å². The maximum atomic E-state index is 5.95. The molecule has 4 nitrogen and oxygen atoms in total. The Balaban J connectivity index is 1.71. The van der Waals surface area contributed by atoms with Crippen molar-refractivity contribution in [3.63, 3.8) is 0 Å². The molecule has 1 aliphatic heterocycles. The molecule has 3 unspecified atom stereocenters. The summed E-state index contributed by atoms with van der Waals surface area (Å²) in [5.41, 5.74) is 1.14. The van der Waals surface area contributed by atoms with Crippen LogP contribution in [0.5, 0.6) is 0 Å². The number of hydrogen-bond acceptors (Lipinski definition) is 4. The van der Waals surface area contributed by atoms with Crippen molar-refractivity contribution in [1.82, 2.24) is 14.7 Å². The number of rotatable bonds is 4. The zero-order valence-corrected chi connectivity index (χ0v) is 11.6. The molecule has 0 aromatic carbocycles. The smallest absolute Gasteiger partial charge is 0.193 e. The van der Waals surface area contributed by atoms with E-state index in [0.717, 1.165) is 23.5 Å². The number of hydrogen-bond donors (Lipinski definition) is 1. The van der Waals surface area contributed by atoms with Crippen molar-refractivity contribution in [1.29, 1.82) is 0 Å². The molecule has 3 atom stereocenters. The van der Waals surface area contributed by atoms with Crippen LogP contribution in [0.25, 0.3) is 4.96 Å². The minimum atomic E-state index is 0.324. The molecule has 0 spiro atoms. The number of imidazole rings is 1. The summed E-state index contributed by atoms with van der Waals surface area (Å²) in [6.07, 6.45) is 8.15. The SMILES string of the molecule is CNC(Cc1cn2ccsc2n1)C1CCC(C)O1. The number of aromatic nitrogens is 2. The highest BCUT2D eigenvalue weighted by molar-refractivity contribution is 7.15. The van der Waals surface area contributed by atoms with Gasteiger partial charge in [-0.05, 0) is 26.8 Å². The van der Waals surface area contributed by atoms with Gasteiger partial charge in [0.2, 0.25) is 0 Å². The Kier molecular flexibility index (Phi) is 3.37. The van der Waals surface area contributed by atoms with E-state index < -0.39 is 0 Å². The lowest BCUT2D eigenvalue weighted by molar-refractivity contribution is 0.0335. The third kappa shape index (κ3) is 2.30. The normalized spacial score (nSPS) is 25.9. The molecule has 1 N–H and O–H groups in total. The van der Waals surface area contributed by atoms with Crippen LogP contribution in [0.4, 0.5) is 0 Å². The zero-order chi connectivity index (χ0) is 12.5. The van der Waals surface area contributed by atoms with Crippen LogP contribution in [0, 0.1) is 0 Å². The van der Waals surface area contributed by atoms with Crippen LogP contribution in [0.15, 0.2) is 17.8 Å². The summed E-state index contributed by atoms with van der Waals surface area (Å²) in [6, 6.07) is 0.361. The van der Waals surface area contributed by atoms with Gasteiger partial charge in [-0.15, -0.1) is 11.3 Å². The van der Waals surface area contributed by atoms with Gasteiger partial charge < -0.3 is 10.1 Å². The molecule has 5 heteroatoms. The zero-order valence-electron chi connectivity index (χ0n) is 10.8. The second-order valence-electron chi connectivity index (χ2n) is 4.99. The van der Waals surface area contributed by atoms with Gasteiger partial charge in [0, 0.05) is 30.2 Å². The summed E-state index contributed by atoms with van der Waals surface area (Å²) >= 11 is 1.68. The molecule has 2 aromatic rings. The largest absolute Gasteiger partial charge is 0.374 e. The lowest BCUT2D eigenvalue weighted by Crippen LogP contribution is -2.39. The number of ether oxygens (including phenoxy) is 1. The fourth-order valence-electron chi connectivity index (χ4n) is 2.65. The van der Waals surface area contributed by atoms with Gasteiger partial charge >= 0.3 is 0 Å². The first-order chi connectivity index (χ1) is 8.76. The molecule has 0 bridgehead atoms. The van der Waals surface area contributed by atoms with Crippen LogP contribution in [0.2, 0.25) is 0 Å². The lowest BCUT2D eigenvalue weighted by atomic mass is 10.0. The molecule has 3 heterocycles. The van der Waals surface area contributed by atoms with E-state index in [1.54, 1.807) is 11.3 Å². The third-order valence-electron chi connectivity index (χ3n) is 3.66. The first-order valence-corrected chi connectivity index (χ1v) is 7.38. The van der Waals surface area contributed by atoms with Crippen molar-refractivity contribution >= 4 is 16.3 Å². The summed E-state index contributed by atoms with van der Waals surface area (Å²) in [7, 11) is 2.01. The highest BCUT2D eigenvalue weighted by atomic mass is 32.1. The Bertz CT molecular complexity index is 493. The fraction of sp³-hybridized carbons (Fsp3) is 0.615. The fourth-order valence-corrected chi connectivity index (χ4v) is 3.37. The average molecular weight is 265 g/mol. The first-order valence-electron chi connectivity index (χ1n) is 6.50. The Labute approximate surface area is 111 Å². The van der Waals surface area contributed by atoms with E-state index in [1.165, 1.54) is 6.42 Å². The second-order valence-corrected chi connectivity index (χ2v) is 5.86. The maximum absolute atomic E-state index is 5.95. The Morgan fingerprint density at radius 1 is 1.61 bits per heavy atom. The van der Waals surface area contributed by atoms with Gasteiger partial charge in [-0.2, -0.15) is 0 Å². The van der Waals surface area contributed by atoms with Crippen LogP contribution in [0.3, 0.4) is 0 Å². The average Bonchev–Trinajstić information content (AvgIpc) is 3.00. The van der Waals surface area contributed by atoms with E-state index in [4.69, 9.17) is 4.74 Å². The van der Waals surface area contributed by atoms with Crippen molar-refractivity contribution in [2.45, 2.75) is 44.4 Å². The monoisotopic (exact) mass is 265 g/mol. The minimum absolute atomic E-state index is 0.324. The third-order valence-corrected chi connectivity index (χ3v) is 4.43. The van der Waals surface area contributed by atoms with Crippen LogP contribution < -0.4 is 5.32 Å². The molecule has 2 aromatic heterocycles. The molecule has 98 valence electrons. The Morgan fingerprint density at radius 2 is 2.50 bits per heavy atom. The lowest BCUT2D eigenvalue weighted by Gasteiger charge is -2.22. The standard InChI is InChI=1S/C13H19N3OS/c1-9-3-4-12(17-9)11(14-2)7-10-8-16-5-6-18-13(16)15-10/h5-6,8-9,11-12,14H,3-4,7H2,1-2H3. The summed E-state index contributed by atoms with van der Waals surface area (Å²) in [6.45, 7) is 2.15. The second kappa shape index (κ2) is 4.99. The molecule has 1 saturated heterocycles. The number of nitrogens with one attached hydrogen (secondary N) is 1. The highest BCUT2D eigenvalue weighted by Gasteiger charge is 2.29. The molecule has 18 heavy (non-hydrogen) atoms. The van der Waals surface area contributed by atoms with Crippen molar-refractivity contribution in [2.24, 2.45) is 0 Å². The van der Waals surface area contributed by atoms with Gasteiger partial charge in [-0.25, -0.2) is 4.98 Å². The van der Waals surface area contributed by atoms with E-state index in [9.17, 15) is 0 Å². The predicted molar refractivity (Wildman–Crippen MR) is 73.2 cm³/mol. The summed E-state index contributed by atoms with van der Waals surface area (Å²) in [5.74, 6) is 0. The summed E-state index contributed by atoms with van der Waals surface area (Å²) < 4.78 is 8.04. The molecular formula is C13H19N3OS. The minimum Gasteiger partial charge on any atom is -0.374 e. The predicted octanol–water partition coefficient (Wildman–Crippen LogP) is 2.09. The highest BCUT2D eigenvalue weighted by Crippen LogP contribution is 2.23. The summed E-state index contributed by atoms with van der Waals surface area (Å²) in [4.78, 5) is 5.71. The van der Waals surface area contributed by atoms with E-state index in [1.807, 2.05) is 7.05 Å². The molecule has 0 amide bonds. The van der Waals surface area contributed by atoms with E-state index in [-0.39, 0.29) is 0 Å². The van der Waals surface area contributed by atoms with Gasteiger partial charge in [0.15, 0.2) is 4.96 Å². The number of thiazole rings is 1. The van der Waals surface area contributed by atoms with Gasteiger partial charge in [0.05, 0.1) is 17.9 Å². The molecule has 0 saturated carbocycles. The van der Waals surface area contributed by atoms with E-state index >= 15 is 0 Å². The molecule has 1 fully saturated rings. The van der Waals surface area contributed by atoms with Crippen LogP contribution >= 0.6 is 11.3 Å². The number of likely N-dealkylation sites (N-methyl/N-ethyl adjacent to an activating group) is 1. The Morgan fingerprint density at radius 3 is 3.17 bits per heavy atom. The molecule has 0 radical (unpaired) electrons.